The van der Waals surface area contributed by atoms with E-state index in [1.54, 1.807) is 18.2 Å². The van der Waals surface area contributed by atoms with Crippen LogP contribution in [0.5, 0.6) is 0 Å². The molecule has 2 rings (SSSR count). The van der Waals surface area contributed by atoms with Crippen LogP contribution in [0.4, 0.5) is 0 Å². The summed E-state index contributed by atoms with van der Waals surface area (Å²) in [7, 11) is -3.73. The van der Waals surface area contributed by atoms with Crippen molar-refractivity contribution in [2.45, 2.75) is 6.50 Å². The Labute approximate surface area is 123 Å². The highest BCUT2D eigenvalue weighted by atomic mass is 80.0. The SMILES string of the molecule is O=S(=O)(c1nncc2ccccc12)C(Br)(Br)Br. The molecule has 0 radical (unpaired) electrons. The Morgan fingerprint density at radius 2 is 1.76 bits per heavy atom. The molecular formula is C9H5Br3N2O2S. The molecule has 0 atom stereocenters. The van der Waals surface area contributed by atoms with Crippen molar-refractivity contribution < 1.29 is 8.42 Å². The van der Waals surface area contributed by atoms with Gasteiger partial charge in [0.1, 0.15) is 0 Å². The smallest absolute Gasteiger partial charge is 0.219 e. The highest BCUT2D eigenvalue weighted by Crippen LogP contribution is 2.43. The number of benzene rings is 1. The first-order valence-electron chi connectivity index (χ1n) is 4.36. The number of hydrogen-bond acceptors (Lipinski definition) is 4. The molecule has 0 fully saturated rings. The molecule has 0 bridgehead atoms. The van der Waals surface area contributed by atoms with Gasteiger partial charge in [0.25, 0.3) is 0 Å². The van der Waals surface area contributed by atoms with Gasteiger partial charge in [-0.3, -0.25) is 0 Å². The maximum Gasteiger partial charge on any atom is 0.241 e. The summed E-state index contributed by atoms with van der Waals surface area (Å²) in [5.74, 6) is 0. The van der Waals surface area contributed by atoms with Crippen LogP contribution >= 0.6 is 47.8 Å². The third-order valence-corrected chi connectivity index (χ3v) is 7.35. The van der Waals surface area contributed by atoms with Gasteiger partial charge in [-0.05, 0) is 47.8 Å². The van der Waals surface area contributed by atoms with Gasteiger partial charge in [0.2, 0.25) is 11.3 Å². The summed E-state index contributed by atoms with van der Waals surface area (Å²) in [4.78, 5) is 0. The van der Waals surface area contributed by atoms with Crippen LogP contribution in [-0.4, -0.2) is 20.1 Å². The van der Waals surface area contributed by atoms with Crippen LogP contribution < -0.4 is 0 Å². The fourth-order valence-corrected chi connectivity index (χ4v) is 3.54. The minimum atomic E-state index is -3.73. The van der Waals surface area contributed by atoms with E-state index in [1.165, 1.54) is 6.20 Å². The quantitative estimate of drug-likeness (QED) is 0.634. The van der Waals surface area contributed by atoms with Crippen LogP contribution in [0.15, 0.2) is 35.5 Å². The molecule has 0 aliphatic carbocycles. The Kier molecular flexibility index (Phi) is 3.59. The third-order valence-electron chi connectivity index (χ3n) is 2.10. The summed E-state index contributed by atoms with van der Waals surface area (Å²) < 4.78 is 23.0. The molecule has 8 heteroatoms. The van der Waals surface area contributed by atoms with Crippen molar-refractivity contribution in [3.63, 3.8) is 0 Å². The maximum absolute atomic E-state index is 12.2. The molecule has 0 saturated heterocycles. The first-order valence-corrected chi connectivity index (χ1v) is 8.22. The van der Waals surface area contributed by atoms with Crippen LogP contribution in [0, 0.1) is 0 Å². The minimum absolute atomic E-state index is 0.0822. The number of alkyl halides is 3. The van der Waals surface area contributed by atoms with Gasteiger partial charge in [0, 0.05) is 10.8 Å². The summed E-state index contributed by atoms with van der Waals surface area (Å²) in [5.41, 5.74) is 0. The van der Waals surface area contributed by atoms with E-state index in [0.29, 0.717) is 5.39 Å². The Morgan fingerprint density at radius 1 is 1.12 bits per heavy atom. The first-order chi connectivity index (χ1) is 7.84. The van der Waals surface area contributed by atoms with Crippen LogP contribution in [0.1, 0.15) is 0 Å². The van der Waals surface area contributed by atoms with E-state index in [0.717, 1.165) is 5.39 Å². The fraction of sp³-hybridized carbons (Fsp3) is 0.111. The highest BCUT2D eigenvalue weighted by Gasteiger charge is 2.39. The second kappa shape index (κ2) is 4.56. The van der Waals surface area contributed by atoms with Crippen molar-refractivity contribution in [1.29, 1.82) is 0 Å². The largest absolute Gasteiger partial charge is 0.241 e. The molecule has 0 aliphatic rings. The van der Waals surface area contributed by atoms with E-state index < -0.39 is 11.3 Å². The molecule has 90 valence electrons. The summed E-state index contributed by atoms with van der Waals surface area (Å²) in [5, 5.41) is 8.59. The molecule has 0 N–H and O–H groups in total. The lowest BCUT2D eigenvalue weighted by Crippen LogP contribution is -2.19. The molecule has 0 spiro atoms. The Morgan fingerprint density at radius 3 is 2.41 bits per heavy atom. The average molecular weight is 445 g/mol. The second-order valence-corrected chi connectivity index (χ2v) is 13.5. The number of aromatic nitrogens is 2. The summed E-state index contributed by atoms with van der Waals surface area (Å²) in [6.45, 7) is 0. The Bertz CT molecular complexity index is 662. The molecule has 2 aromatic rings. The van der Waals surface area contributed by atoms with Crippen molar-refractivity contribution in [2.24, 2.45) is 0 Å². The lowest BCUT2D eigenvalue weighted by molar-refractivity contribution is 0.594. The molecule has 1 heterocycles. The van der Waals surface area contributed by atoms with E-state index in [4.69, 9.17) is 0 Å². The van der Waals surface area contributed by atoms with Gasteiger partial charge in [-0.15, -0.1) is 5.10 Å². The van der Waals surface area contributed by atoms with E-state index in [9.17, 15) is 8.42 Å². The number of sulfone groups is 1. The topological polar surface area (TPSA) is 59.9 Å². The fourth-order valence-electron chi connectivity index (χ4n) is 1.31. The highest BCUT2D eigenvalue weighted by molar-refractivity contribution is 9.42. The first kappa shape index (κ1) is 13.4. The minimum Gasteiger partial charge on any atom is -0.219 e. The van der Waals surface area contributed by atoms with Gasteiger partial charge >= 0.3 is 0 Å². The molecule has 17 heavy (non-hydrogen) atoms. The normalized spacial score (nSPS) is 12.9. The Hall–Kier alpha value is -0.0500. The monoisotopic (exact) mass is 442 g/mol. The molecule has 0 unspecified atom stereocenters. The van der Waals surface area contributed by atoms with E-state index in [2.05, 4.69) is 58.0 Å². The average Bonchev–Trinajstić information content (AvgIpc) is 2.26. The predicted molar refractivity (Wildman–Crippen MR) is 76.2 cm³/mol. The van der Waals surface area contributed by atoms with Crippen molar-refractivity contribution in [1.82, 2.24) is 10.2 Å². The van der Waals surface area contributed by atoms with Gasteiger partial charge in [0.15, 0.2) is 5.03 Å². The summed E-state index contributed by atoms with van der Waals surface area (Å²) in [6.07, 6.45) is 1.52. The molecule has 4 nitrogen and oxygen atoms in total. The summed E-state index contributed by atoms with van der Waals surface area (Å²) in [6, 6.07) is 7.03. The van der Waals surface area contributed by atoms with Gasteiger partial charge in [-0.25, -0.2) is 8.42 Å². The molecule has 1 aromatic carbocycles. The number of halogens is 3. The maximum atomic E-state index is 12.2. The predicted octanol–water partition coefficient (Wildman–Crippen LogP) is 3.20. The number of hydrogen-bond donors (Lipinski definition) is 0. The molecule has 0 amide bonds. The van der Waals surface area contributed by atoms with Crippen LogP contribution in [0.2, 0.25) is 0 Å². The van der Waals surface area contributed by atoms with Crippen LogP contribution in [0.3, 0.4) is 0 Å². The number of rotatable bonds is 1. The van der Waals surface area contributed by atoms with Gasteiger partial charge in [-0.2, -0.15) is 5.10 Å². The zero-order valence-electron chi connectivity index (χ0n) is 8.14. The Balaban J connectivity index is 2.82. The third kappa shape index (κ3) is 2.40. The zero-order chi connectivity index (χ0) is 12.7. The van der Waals surface area contributed by atoms with Crippen molar-refractivity contribution in [3.05, 3.63) is 30.5 Å². The van der Waals surface area contributed by atoms with E-state index >= 15 is 0 Å². The van der Waals surface area contributed by atoms with Crippen molar-refractivity contribution in [2.75, 3.05) is 0 Å². The lowest BCUT2D eigenvalue weighted by atomic mass is 10.2. The zero-order valence-corrected chi connectivity index (χ0v) is 13.7. The number of fused-ring (bicyclic) bond motifs is 1. The van der Waals surface area contributed by atoms with Gasteiger partial charge < -0.3 is 0 Å². The standard InChI is InChI=1S/C9H5Br3N2O2S/c10-9(11,12)17(15,16)8-7-4-2-1-3-6(7)5-13-14-8/h1-5H. The van der Waals surface area contributed by atoms with E-state index in [-0.39, 0.29) is 5.03 Å². The van der Waals surface area contributed by atoms with Crippen molar-refractivity contribution in [3.8, 4) is 0 Å². The second-order valence-electron chi connectivity index (χ2n) is 3.19. The van der Waals surface area contributed by atoms with Gasteiger partial charge in [0.05, 0.1) is 6.20 Å². The summed E-state index contributed by atoms with van der Waals surface area (Å²) >= 11 is 9.00. The molecule has 0 saturated carbocycles. The molecular weight excluding hydrogens is 440 g/mol. The van der Waals surface area contributed by atoms with Gasteiger partial charge in [-0.1, -0.05) is 24.3 Å². The lowest BCUT2D eigenvalue weighted by Gasteiger charge is -2.13. The number of nitrogens with zero attached hydrogens (tertiary/aromatic N) is 2. The van der Waals surface area contributed by atoms with E-state index in [1.807, 2.05) is 6.07 Å². The van der Waals surface area contributed by atoms with Crippen LogP contribution in [-0.2, 0) is 9.84 Å². The van der Waals surface area contributed by atoms with Crippen LogP contribution in [0.25, 0.3) is 10.8 Å². The molecule has 0 aliphatic heterocycles. The van der Waals surface area contributed by atoms with Crippen molar-refractivity contribution >= 4 is 68.4 Å². The molecule has 1 aromatic heterocycles.